The first kappa shape index (κ1) is 14.2. The van der Waals surface area contributed by atoms with E-state index in [1.807, 2.05) is 27.7 Å². The molecule has 0 bridgehead atoms. The normalized spacial score (nSPS) is 12.9. The average Bonchev–Trinajstić information content (AvgIpc) is 2.27. The smallest absolute Gasteiger partial charge is 0.293 e. The number of nitriles is 1. The number of aromatic nitrogens is 2. The molecule has 0 aliphatic heterocycles. The van der Waals surface area contributed by atoms with Gasteiger partial charge in [0, 0.05) is 31.5 Å². The lowest BCUT2D eigenvalue weighted by Crippen LogP contribution is -2.38. The third-order valence-electron chi connectivity index (χ3n) is 2.68. The molecule has 1 aromatic rings. The molecule has 0 amide bonds. The maximum Gasteiger partial charge on any atom is 0.293 e. The van der Waals surface area contributed by atoms with Crippen LogP contribution in [0.1, 0.15) is 27.7 Å². The lowest BCUT2D eigenvalue weighted by Gasteiger charge is -2.25. The first-order valence-electron chi connectivity index (χ1n) is 5.96. The third kappa shape index (κ3) is 3.10. The molecule has 0 aliphatic rings. The van der Waals surface area contributed by atoms with Crippen LogP contribution in [-0.4, -0.2) is 23.1 Å². The highest BCUT2D eigenvalue weighted by Crippen LogP contribution is 2.12. The van der Waals surface area contributed by atoms with Gasteiger partial charge in [-0.05, 0) is 27.7 Å². The van der Waals surface area contributed by atoms with Gasteiger partial charge < -0.3 is 9.47 Å². The molecule has 0 saturated carbocycles. The molecule has 5 heteroatoms. The van der Waals surface area contributed by atoms with Crippen molar-refractivity contribution in [1.29, 1.82) is 5.26 Å². The van der Waals surface area contributed by atoms with Gasteiger partial charge in [-0.1, -0.05) is 0 Å². The van der Waals surface area contributed by atoms with Crippen molar-refractivity contribution in [2.45, 2.75) is 33.2 Å². The molecule has 1 unspecified atom stereocenters. The van der Waals surface area contributed by atoms with Gasteiger partial charge in [0.2, 0.25) is 0 Å². The maximum absolute atomic E-state index is 12.3. The van der Waals surface area contributed by atoms with Crippen LogP contribution in [0.2, 0.25) is 0 Å². The highest BCUT2D eigenvalue weighted by atomic mass is 16.1. The van der Waals surface area contributed by atoms with E-state index in [4.69, 9.17) is 5.26 Å². The predicted molar refractivity (Wildman–Crippen MR) is 71.5 cm³/mol. The summed E-state index contributed by atoms with van der Waals surface area (Å²) < 4.78 is 1.66. The molecule has 18 heavy (non-hydrogen) atoms. The Hall–Kier alpha value is -1.83. The summed E-state index contributed by atoms with van der Waals surface area (Å²) in [5, 5.41) is 8.80. The molecule has 0 radical (unpaired) electrons. The molecular formula is C13H20N4O. The molecule has 0 aromatic carbocycles. The Labute approximate surface area is 108 Å². The maximum atomic E-state index is 12.3. The van der Waals surface area contributed by atoms with Gasteiger partial charge in [-0.2, -0.15) is 5.26 Å². The number of anilines is 1. The Balaban J connectivity index is 3.13. The van der Waals surface area contributed by atoms with Crippen LogP contribution in [-0.2, 0) is 5.54 Å². The Morgan fingerprint density at radius 3 is 2.67 bits per heavy atom. The fraction of sp³-hybridized carbons (Fsp3) is 0.615. The summed E-state index contributed by atoms with van der Waals surface area (Å²) in [4.78, 5) is 18.2. The minimum atomic E-state index is -0.281. The molecule has 0 aliphatic carbocycles. The fourth-order valence-corrected chi connectivity index (χ4v) is 1.73. The minimum Gasteiger partial charge on any atom is -0.354 e. The summed E-state index contributed by atoms with van der Waals surface area (Å²) in [6.07, 6.45) is 3.31. The number of hydrogen-bond donors (Lipinski definition) is 0. The molecular weight excluding hydrogens is 228 g/mol. The molecule has 1 atom stereocenters. The van der Waals surface area contributed by atoms with Gasteiger partial charge in [-0.25, -0.2) is 4.98 Å². The monoisotopic (exact) mass is 248 g/mol. The second-order valence-corrected chi connectivity index (χ2v) is 5.51. The van der Waals surface area contributed by atoms with Gasteiger partial charge in [0.05, 0.1) is 12.0 Å². The highest BCUT2D eigenvalue weighted by molar-refractivity contribution is 5.35. The molecule has 1 rings (SSSR count). The van der Waals surface area contributed by atoms with Crippen LogP contribution in [0.4, 0.5) is 5.82 Å². The second kappa shape index (κ2) is 5.21. The molecule has 0 N–H and O–H groups in total. The van der Waals surface area contributed by atoms with Crippen molar-refractivity contribution in [3.05, 3.63) is 22.7 Å². The molecule has 98 valence electrons. The van der Waals surface area contributed by atoms with Gasteiger partial charge in [0.1, 0.15) is 0 Å². The zero-order valence-corrected chi connectivity index (χ0v) is 11.6. The summed E-state index contributed by atoms with van der Waals surface area (Å²) >= 11 is 0. The highest BCUT2D eigenvalue weighted by Gasteiger charge is 2.19. The number of hydrogen-bond acceptors (Lipinski definition) is 4. The van der Waals surface area contributed by atoms with Crippen LogP contribution >= 0.6 is 0 Å². The van der Waals surface area contributed by atoms with E-state index < -0.39 is 0 Å². The second-order valence-electron chi connectivity index (χ2n) is 5.51. The molecule has 0 fully saturated rings. The van der Waals surface area contributed by atoms with E-state index in [1.165, 1.54) is 0 Å². The topological polar surface area (TPSA) is 61.9 Å². The van der Waals surface area contributed by atoms with Crippen molar-refractivity contribution in [2.75, 3.05) is 18.5 Å². The van der Waals surface area contributed by atoms with Crippen LogP contribution in [0.3, 0.4) is 0 Å². The Bertz CT molecular complexity index is 507. The summed E-state index contributed by atoms with van der Waals surface area (Å²) in [6.45, 7) is 8.22. The van der Waals surface area contributed by atoms with E-state index in [1.54, 1.807) is 28.9 Å². The van der Waals surface area contributed by atoms with E-state index in [9.17, 15) is 4.79 Å². The Morgan fingerprint density at radius 1 is 1.56 bits per heavy atom. The minimum absolute atomic E-state index is 0.127. The van der Waals surface area contributed by atoms with Crippen molar-refractivity contribution >= 4 is 5.82 Å². The fourth-order valence-electron chi connectivity index (χ4n) is 1.73. The quantitative estimate of drug-likeness (QED) is 0.815. The SMILES string of the molecule is CC(C#N)CN(C)c1nccn(C(C)(C)C)c1=O. The van der Waals surface area contributed by atoms with Crippen molar-refractivity contribution < 1.29 is 0 Å². The van der Waals surface area contributed by atoms with Crippen molar-refractivity contribution in [3.8, 4) is 6.07 Å². The van der Waals surface area contributed by atoms with Crippen LogP contribution in [0.25, 0.3) is 0 Å². The first-order valence-corrected chi connectivity index (χ1v) is 5.96. The summed E-state index contributed by atoms with van der Waals surface area (Å²) in [5.74, 6) is 0.244. The Kier molecular flexibility index (Phi) is 4.12. The van der Waals surface area contributed by atoms with Gasteiger partial charge in [-0.15, -0.1) is 0 Å². The largest absolute Gasteiger partial charge is 0.354 e. The van der Waals surface area contributed by atoms with Crippen LogP contribution in [0.5, 0.6) is 0 Å². The summed E-state index contributed by atoms with van der Waals surface area (Å²) in [5.41, 5.74) is -0.408. The molecule has 5 nitrogen and oxygen atoms in total. The van der Waals surface area contributed by atoms with Crippen LogP contribution in [0.15, 0.2) is 17.2 Å². The van der Waals surface area contributed by atoms with E-state index in [0.717, 1.165) is 0 Å². The summed E-state index contributed by atoms with van der Waals surface area (Å²) in [6, 6.07) is 2.15. The van der Waals surface area contributed by atoms with Gasteiger partial charge in [0.15, 0.2) is 5.82 Å². The molecule has 0 saturated heterocycles. The van der Waals surface area contributed by atoms with Crippen LogP contribution < -0.4 is 10.5 Å². The zero-order valence-electron chi connectivity index (χ0n) is 11.6. The van der Waals surface area contributed by atoms with Crippen molar-refractivity contribution in [1.82, 2.24) is 9.55 Å². The van der Waals surface area contributed by atoms with Crippen molar-refractivity contribution in [2.24, 2.45) is 5.92 Å². The van der Waals surface area contributed by atoms with Crippen molar-refractivity contribution in [3.63, 3.8) is 0 Å². The molecule has 1 aromatic heterocycles. The zero-order chi connectivity index (χ0) is 13.9. The average molecular weight is 248 g/mol. The van der Waals surface area contributed by atoms with Gasteiger partial charge >= 0.3 is 0 Å². The van der Waals surface area contributed by atoms with E-state index in [-0.39, 0.29) is 17.0 Å². The predicted octanol–water partition coefficient (Wildman–Crippen LogP) is 1.59. The molecule has 0 spiro atoms. The number of rotatable bonds is 3. The lowest BCUT2D eigenvalue weighted by atomic mass is 10.1. The van der Waals surface area contributed by atoms with E-state index in [0.29, 0.717) is 12.4 Å². The van der Waals surface area contributed by atoms with Crippen LogP contribution in [0, 0.1) is 17.2 Å². The van der Waals surface area contributed by atoms with E-state index >= 15 is 0 Å². The van der Waals surface area contributed by atoms with Gasteiger partial charge in [-0.3, -0.25) is 4.79 Å². The standard InChI is InChI=1S/C13H20N4O/c1-10(8-14)9-16(5)11-12(18)17(7-6-15-11)13(2,3)4/h6-7,10H,9H2,1-5H3. The third-order valence-corrected chi connectivity index (χ3v) is 2.68. The van der Waals surface area contributed by atoms with Gasteiger partial charge in [0.25, 0.3) is 5.56 Å². The Morgan fingerprint density at radius 2 is 2.17 bits per heavy atom. The molecule has 1 heterocycles. The number of nitrogens with zero attached hydrogens (tertiary/aromatic N) is 4. The van der Waals surface area contributed by atoms with E-state index in [2.05, 4.69) is 11.1 Å². The summed E-state index contributed by atoms with van der Waals surface area (Å²) in [7, 11) is 1.78. The first-order chi connectivity index (χ1) is 8.27. The lowest BCUT2D eigenvalue weighted by molar-refractivity contribution is 0.382.